The van der Waals surface area contributed by atoms with Crippen LogP contribution in [0.3, 0.4) is 0 Å². The highest BCUT2D eigenvalue weighted by Crippen LogP contribution is 1.94. The quantitative estimate of drug-likeness (QED) is 0.302. The van der Waals surface area contributed by atoms with E-state index in [4.69, 9.17) is 20.4 Å². The molecular weight excluding hydrogens is 287 g/mol. The van der Waals surface area contributed by atoms with Crippen molar-refractivity contribution in [3.8, 4) is 0 Å². The Kier molecular flexibility index (Phi) is 10.7. The predicted octanol–water partition coefficient (Wildman–Crippen LogP) is -2.45. The second-order valence-electron chi connectivity index (χ2n) is 4.00. The summed E-state index contributed by atoms with van der Waals surface area (Å²) < 4.78 is 0. The maximum atomic E-state index is 10.6. The molecule has 0 aliphatic rings. The number of aliphatic carboxylic acids is 4. The Hall–Kier alpha value is -2.14. The van der Waals surface area contributed by atoms with Crippen LogP contribution in [-0.2, 0) is 19.2 Å². The third-order valence-corrected chi connectivity index (χ3v) is 2.17. The van der Waals surface area contributed by atoms with Crippen LogP contribution in [0.2, 0.25) is 0 Å². The lowest BCUT2D eigenvalue weighted by Crippen LogP contribution is -2.43. The Morgan fingerprint density at radius 1 is 0.571 bits per heavy atom. The summed E-state index contributed by atoms with van der Waals surface area (Å²) in [5.41, 5.74) is 0. The molecule has 0 bridgehead atoms. The molecule has 3 radical (unpaired) electrons. The van der Waals surface area contributed by atoms with Crippen molar-refractivity contribution in [2.24, 2.45) is 0 Å². The number of nitrogens with zero attached hydrogens (tertiary/aromatic N) is 2. The Balaban J connectivity index is 0. The van der Waals surface area contributed by atoms with Gasteiger partial charge in [0.15, 0.2) is 0 Å². The van der Waals surface area contributed by atoms with Crippen molar-refractivity contribution in [2.45, 2.75) is 0 Å². The first-order valence-corrected chi connectivity index (χ1v) is 5.52. The molecule has 0 saturated carbocycles. The molecule has 0 saturated heterocycles. The molecule has 0 aromatic rings. The van der Waals surface area contributed by atoms with E-state index in [2.05, 4.69) is 0 Å². The van der Waals surface area contributed by atoms with Gasteiger partial charge in [-0.2, -0.15) is 0 Å². The number of hydrogen-bond donors (Lipinski definition) is 4. The minimum Gasteiger partial charge on any atom is -0.480 e. The number of carboxylic acids is 4. The SMILES string of the molecule is O=C(O)CN(CCN(CC(=O)O)CC(=O)O)CC(=O)O.[B]. The predicted molar refractivity (Wildman–Crippen MR) is 69.2 cm³/mol. The van der Waals surface area contributed by atoms with Crippen molar-refractivity contribution in [1.82, 2.24) is 9.80 Å². The van der Waals surface area contributed by atoms with Crippen LogP contribution in [0, 0.1) is 0 Å². The molecule has 0 fully saturated rings. The molecule has 0 rings (SSSR count). The topological polar surface area (TPSA) is 156 Å². The Morgan fingerprint density at radius 2 is 0.762 bits per heavy atom. The molecule has 21 heavy (non-hydrogen) atoms. The summed E-state index contributed by atoms with van der Waals surface area (Å²) in [4.78, 5) is 44.4. The minimum absolute atomic E-state index is 0. The van der Waals surface area contributed by atoms with Gasteiger partial charge in [-0.15, -0.1) is 0 Å². The van der Waals surface area contributed by atoms with E-state index < -0.39 is 50.1 Å². The van der Waals surface area contributed by atoms with Gasteiger partial charge in [-0.25, -0.2) is 0 Å². The molecule has 0 unspecified atom stereocenters. The minimum atomic E-state index is -1.23. The third-order valence-electron chi connectivity index (χ3n) is 2.17. The van der Waals surface area contributed by atoms with E-state index in [0.29, 0.717) is 0 Å². The van der Waals surface area contributed by atoms with E-state index in [1.807, 2.05) is 0 Å². The van der Waals surface area contributed by atoms with Crippen molar-refractivity contribution in [2.75, 3.05) is 39.3 Å². The van der Waals surface area contributed by atoms with Crippen molar-refractivity contribution in [3.05, 3.63) is 0 Å². The van der Waals surface area contributed by atoms with Crippen LogP contribution in [0.5, 0.6) is 0 Å². The van der Waals surface area contributed by atoms with Crippen LogP contribution < -0.4 is 0 Å². The van der Waals surface area contributed by atoms with Gasteiger partial charge in [0.1, 0.15) is 0 Å². The van der Waals surface area contributed by atoms with Gasteiger partial charge < -0.3 is 20.4 Å². The van der Waals surface area contributed by atoms with Gasteiger partial charge in [-0.1, -0.05) is 0 Å². The van der Waals surface area contributed by atoms with Crippen LogP contribution >= 0.6 is 0 Å². The first kappa shape index (κ1) is 21.2. The molecule has 0 heterocycles. The average molecular weight is 303 g/mol. The fraction of sp³-hybridized carbons (Fsp3) is 0.600. The number of hydrogen-bond acceptors (Lipinski definition) is 6. The zero-order valence-electron chi connectivity index (χ0n) is 11.1. The molecule has 117 valence electrons. The number of carboxylic acid groups (broad SMARTS) is 4. The molecule has 0 amide bonds. The first-order chi connectivity index (χ1) is 9.20. The van der Waals surface area contributed by atoms with Gasteiger partial charge in [0.2, 0.25) is 0 Å². The smallest absolute Gasteiger partial charge is 0.317 e. The summed E-state index contributed by atoms with van der Waals surface area (Å²) in [5, 5.41) is 34.5. The molecule has 0 aliphatic heterocycles. The summed E-state index contributed by atoms with van der Waals surface area (Å²) in [5.74, 6) is -4.91. The zero-order chi connectivity index (χ0) is 15.7. The van der Waals surface area contributed by atoms with Crippen molar-refractivity contribution >= 4 is 32.3 Å². The number of carbonyl (C=O) groups is 4. The fourth-order valence-electron chi connectivity index (χ4n) is 1.48. The van der Waals surface area contributed by atoms with Gasteiger partial charge in [-0.05, 0) is 0 Å². The van der Waals surface area contributed by atoms with Crippen LogP contribution in [0.1, 0.15) is 0 Å². The summed E-state index contributed by atoms with van der Waals surface area (Å²) in [6, 6.07) is 0. The van der Waals surface area contributed by atoms with Gasteiger partial charge in [0.25, 0.3) is 0 Å². The van der Waals surface area contributed by atoms with E-state index in [-0.39, 0.29) is 21.5 Å². The van der Waals surface area contributed by atoms with Crippen LogP contribution in [0.25, 0.3) is 0 Å². The highest BCUT2D eigenvalue weighted by atomic mass is 16.4. The third kappa shape index (κ3) is 12.6. The summed E-state index contributed by atoms with van der Waals surface area (Å²) in [6.07, 6.45) is 0. The molecular formula is C10H16BN2O8. The molecule has 0 atom stereocenters. The Morgan fingerprint density at radius 3 is 0.905 bits per heavy atom. The molecule has 0 aliphatic carbocycles. The average Bonchev–Trinajstić information content (AvgIpc) is 2.22. The van der Waals surface area contributed by atoms with Crippen molar-refractivity contribution in [1.29, 1.82) is 0 Å². The van der Waals surface area contributed by atoms with Gasteiger partial charge in [-0.3, -0.25) is 29.0 Å². The lowest BCUT2D eigenvalue weighted by Gasteiger charge is -2.23. The maximum absolute atomic E-state index is 10.6. The normalized spacial score (nSPS) is 10.2. The molecule has 0 spiro atoms. The summed E-state index contributed by atoms with van der Waals surface area (Å²) in [6.45, 7) is -2.25. The van der Waals surface area contributed by atoms with Gasteiger partial charge in [0.05, 0.1) is 26.2 Å². The molecule has 0 aromatic heterocycles. The highest BCUT2D eigenvalue weighted by molar-refractivity contribution is 5.75. The lowest BCUT2D eigenvalue weighted by atomic mass is 10.4. The molecule has 10 nitrogen and oxygen atoms in total. The molecule has 0 aromatic carbocycles. The Bertz CT molecular complexity index is 321. The van der Waals surface area contributed by atoms with Crippen LogP contribution in [0.15, 0.2) is 0 Å². The van der Waals surface area contributed by atoms with Gasteiger partial charge in [0, 0.05) is 21.5 Å². The lowest BCUT2D eigenvalue weighted by molar-refractivity contribution is -0.145. The molecule has 4 N–H and O–H groups in total. The van der Waals surface area contributed by atoms with Crippen LogP contribution in [0.4, 0.5) is 0 Å². The summed E-state index contributed by atoms with van der Waals surface area (Å²) in [7, 11) is 0. The maximum Gasteiger partial charge on any atom is 0.317 e. The first-order valence-electron chi connectivity index (χ1n) is 5.52. The van der Waals surface area contributed by atoms with Crippen LogP contribution in [-0.4, -0.2) is 102 Å². The van der Waals surface area contributed by atoms with Crippen molar-refractivity contribution in [3.63, 3.8) is 0 Å². The van der Waals surface area contributed by atoms with E-state index in [1.54, 1.807) is 0 Å². The van der Waals surface area contributed by atoms with E-state index in [0.717, 1.165) is 9.80 Å². The number of rotatable bonds is 11. The van der Waals surface area contributed by atoms with Crippen molar-refractivity contribution < 1.29 is 39.6 Å². The van der Waals surface area contributed by atoms with E-state index >= 15 is 0 Å². The molecule has 11 heteroatoms. The Labute approximate surface area is 122 Å². The second-order valence-corrected chi connectivity index (χ2v) is 4.00. The highest BCUT2D eigenvalue weighted by Gasteiger charge is 2.17. The second kappa shape index (κ2) is 10.6. The summed E-state index contributed by atoms with van der Waals surface area (Å²) >= 11 is 0. The fourth-order valence-corrected chi connectivity index (χ4v) is 1.48. The monoisotopic (exact) mass is 303 g/mol. The van der Waals surface area contributed by atoms with E-state index in [1.165, 1.54) is 0 Å². The zero-order valence-corrected chi connectivity index (χ0v) is 11.1. The van der Waals surface area contributed by atoms with E-state index in [9.17, 15) is 19.2 Å². The standard InChI is InChI=1S/C10H16N2O8.B/c13-7(14)3-11(4-8(15)16)1-2-12(5-9(17)18)6-10(19)20;/h1-6H2,(H,13,14)(H,15,16)(H,17,18)(H,19,20);. The van der Waals surface area contributed by atoms with Gasteiger partial charge >= 0.3 is 23.9 Å². The largest absolute Gasteiger partial charge is 0.480 e.